The van der Waals surface area contributed by atoms with Gasteiger partial charge < -0.3 is 4.90 Å². The lowest BCUT2D eigenvalue weighted by molar-refractivity contribution is -0.134. The summed E-state index contributed by atoms with van der Waals surface area (Å²) in [6.45, 7) is 0.890. The van der Waals surface area contributed by atoms with Crippen LogP contribution in [0.3, 0.4) is 0 Å². The molecule has 3 aliphatic rings. The Morgan fingerprint density at radius 3 is 2.71 bits per heavy atom. The predicted molar refractivity (Wildman–Crippen MR) is 112 cm³/mol. The SMILES string of the molecule is O=C(CSc1nc2ccccc2c(=O)n1C1CC1)N1CCC[C@@H]2CCCC[C@@H]21. The van der Waals surface area contributed by atoms with Crippen molar-refractivity contribution in [2.75, 3.05) is 12.3 Å². The van der Waals surface area contributed by atoms with E-state index in [0.717, 1.165) is 37.7 Å². The minimum atomic E-state index is 0.0355. The van der Waals surface area contributed by atoms with Crippen molar-refractivity contribution < 1.29 is 4.79 Å². The fourth-order valence-electron chi connectivity index (χ4n) is 5.03. The number of piperidine rings is 1. The van der Waals surface area contributed by atoms with Gasteiger partial charge in [-0.3, -0.25) is 14.2 Å². The number of aromatic nitrogens is 2. The predicted octanol–water partition coefficient (Wildman–Crippen LogP) is 4.00. The highest BCUT2D eigenvalue weighted by Crippen LogP contribution is 2.38. The first-order valence-electron chi connectivity index (χ1n) is 10.7. The molecule has 0 N–H and O–H groups in total. The highest BCUT2D eigenvalue weighted by Gasteiger charge is 2.36. The number of benzene rings is 1. The van der Waals surface area contributed by atoms with E-state index >= 15 is 0 Å². The molecule has 0 unspecified atom stereocenters. The van der Waals surface area contributed by atoms with Crippen LogP contribution in [-0.4, -0.2) is 38.7 Å². The number of hydrogen-bond donors (Lipinski definition) is 0. The van der Waals surface area contributed by atoms with Gasteiger partial charge in [0, 0.05) is 18.6 Å². The maximum atomic E-state index is 13.1. The van der Waals surface area contributed by atoms with Crippen LogP contribution < -0.4 is 5.56 Å². The zero-order valence-electron chi connectivity index (χ0n) is 16.2. The summed E-state index contributed by atoms with van der Waals surface area (Å²) < 4.78 is 1.83. The topological polar surface area (TPSA) is 55.2 Å². The third-order valence-corrected chi connectivity index (χ3v) is 7.51. The van der Waals surface area contributed by atoms with Crippen molar-refractivity contribution in [1.82, 2.24) is 14.5 Å². The van der Waals surface area contributed by atoms with Gasteiger partial charge in [0.2, 0.25) is 5.91 Å². The molecule has 1 aliphatic heterocycles. The molecule has 2 aliphatic carbocycles. The Kier molecular flexibility index (Phi) is 4.91. The first kappa shape index (κ1) is 18.2. The van der Waals surface area contributed by atoms with Crippen LogP contribution in [0.15, 0.2) is 34.2 Å². The third-order valence-electron chi connectivity index (χ3n) is 6.58. The molecule has 0 spiro atoms. The van der Waals surface area contributed by atoms with E-state index in [1.165, 1.54) is 37.4 Å². The Morgan fingerprint density at radius 1 is 1.07 bits per heavy atom. The molecule has 2 heterocycles. The van der Waals surface area contributed by atoms with Gasteiger partial charge in [0.05, 0.1) is 16.7 Å². The van der Waals surface area contributed by atoms with Crippen LogP contribution in [0.2, 0.25) is 0 Å². The van der Waals surface area contributed by atoms with Crippen molar-refractivity contribution in [3.63, 3.8) is 0 Å². The van der Waals surface area contributed by atoms with Crippen LogP contribution in [0.4, 0.5) is 0 Å². The first-order chi connectivity index (χ1) is 13.7. The average Bonchev–Trinajstić information content (AvgIpc) is 3.56. The van der Waals surface area contributed by atoms with Crippen molar-refractivity contribution in [3.05, 3.63) is 34.6 Å². The second-order valence-electron chi connectivity index (χ2n) is 8.45. The Morgan fingerprint density at radius 2 is 1.86 bits per heavy atom. The molecule has 2 atom stereocenters. The summed E-state index contributed by atoms with van der Waals surface area (Å²) >= 11 is 1.45. The number of carbonyl (C=O) groups excluding carboxylic acids is 1. The Hall–Kier alpha value is -1.82. The zero-order valence-corrected chi connectivity index (χ0v) is 17.0. The molecule has 2 saturated carbocycles. The van der Waals surface area contributed by atoms with Gasteiger partial charge in [-0.05, 0) is 56.6 Å². The molecular weight excluding hydrogens is 370 g/mol. The molecule has 28 heavy (non-hydrogen) atoms. The smallest absolute Gasteiger partial charge is 0.262 e. The zero-order chi connectivity index (χ0) is 19.1. The number of nitrogens with zero attached hydrogens (tertiary/aromatic N) is 3. The van der Waals surface area contributed by atoms with Crippen molar-refractivity contribution >= 4 is 28.6 Å². The molecule has 1 saturated heterocycles. The van der Waals surface area contributed by atoms with Crippen LogP contribution in [0, 0.1) is 5.92 Å². The highest BCUT2D eigenvalue weighted by atomic mass is 32.2. The van der Waals surface area contributed by atoms with E-state index in [0.29, 0.717) is 28.3 Å². The molecule has 1 amide bonds. The van der Waals surface area contributed by atoms with Crippen LogP contribution in [-0.2, 0) is 4.79 Å². The molecule has 3 fully saturated rings. The fourth-order valence-corrected chi connectivity index (χ4v) is 5.98. The van der Waals surface area contributed by atoms with Crippen molar-refractivity contribution in [3.8, 4) is 0 Å². The number of para-hydroxylation sites is 1. The number of rotatable bonds is 4. The van der Waals surface area contributed by atoms with Gasteiger partial charge in [-0.25, -0.2) is 4.98 Å². The third kappa shape index (κ3) is 3.36. The van der Waals surface area contributed by atoms with Crippen LogP contribution in [0.1, 0.15) is 57.4 Å². The number of fused-ring (bicyclic) bond motifs is 2. The van der Waals surface area contributed by atoms with Crippen molar-refractivity contribution in [1.29, 1.82) is 0 Å². The molecule has 1 aromatic carbocycles. The monoisotopic (exact) mass is 397 g/mol. The lowest BCUT2D eigenvalue weighted by Gasteiger charge is -2.44. The summed E-state index contributed by atoms with van der Waals surface area (Å²) in [5.41, 5.74) is 0.762. The largest absolute Gasteiger partial charge is 0.339 e. The number of hydrogen-bond acceptors (Lipinski definition) is 4. The minimum absolute atomic E-state index is 0.0355. The standard InChI is InChI=1S/C22H27N3O2S/c26-20(24-13-5-7-15-6-1-4-10-19(15)24)14-28-22-23-18-9-3-2-8-17(18)21(27)25(22)16-11-12-16/h2-3,8-9,15-16,19H,1,4-7,10-14H2/t15-,19-/m0/s1. The lowest BCUT2D eigenvalue weighted by Crippen LogP contribution is -2.50. The Bertz CT molecular complexity index is 950. The number of thioether (sulfide) groups is 1. The quantitative estimate of drug-likeness (QED) is 0.578. The van der Waals surface area contributed by atoms with Gasteiger partial charge in [-0.1, -0.05) is 36.7 Å². The summed E-state index contributed by atoms with van der Waals surface area (Å²) in [7, 11) is 0. The van der Waals surface area contributed by atoms with Gasteiger partial charge >= 0.3 is 0 Å². The van der Waals surface area contributed by atoms with Gasteiger partial charge in [0.15, 0.2) is 5.16 Å². The lowest BCUT2D eigenvalue weighted by atomic mass is 9.78. The maximum absolute atomic E-state index is 13.1. The molecule has 148 valence electrons. The normalized spacial score (nSPS) is 24.9. The highest BCUT2D eigenvalue weighted by molar-refractivity contribution is 7.99. The second kappa shape index (κ2) is 7.54. The van der Waals surface area contributed by atoms with E-state index < -0.39 is 0 Å². The van der Waals surface area contributed by atoms with E-state index in [-0.39, 0.29) is 17.5 Å². The Labute approximate surface area is 169 Å². The van der Waals surface area contributed by atoms with Crippen LogP contribution in [0.5, 0.6) is 0 Å². The van der Waals surface area contributed by atoms with E-state index in [2.05, 4.69) is 4.90 Å². The summed E-state index contributed by atoms with van der Waals surface area (Å²) in [4.78, 5) is 32.9. The molecule has 0 radical (unpaired) electrons. The molecule has 0 bridgehead atoms. The maximum Gasteiger partial charge on any atom is 0.262 e. The van der Waals surface area contributed by atoms with Gasteiger partial charge in [0.25, 0.3) is 5.56 Å². The second-order valence-corrected chi connectivity index (χ2v) is 9.39. The summed E-state index contributed by atoms with van der Waals surface area (Å²) in [5, 5.41) is 1.38. The van der Waals surface area contributed by atoms with E-state index in [1.54, 1.807) is 0 Å². The molecule has 1 aromatic heterocycles. The summed E-state index contributed by atoms with van der Waals surface area (Å²) in [6, 6.07) is 8.21. The fraction of sp³-hybridized carbons (Fsp3) is 0.591. The molecule has 6 heteroatoms. The van der Waals surface area contributed by atoms with Gasteiger partial charge in [-0.2, -0.15) is 0 Å². The Balaban J connectivity index is 1.37. The summed E-state index contributed by atoms with van der Waals surface area (Å²) in [5.74, 6) is 1.28. The van der Waals surface area contributed by atoms with Crippen LogP contribution >= 0.6 is 11.8 Å². The van der Waals surface area contributed by atoms with Gasteiger partial charge in [0.1, 0.15) is 0 Å². The van der Waals surface area contributed by atoms with E-state index in [4.69, 9.17) is 4.98 Å². The van der Waals surface area contributed by atoms with Crippen molar-refractivity contribution in [2.45, 2.75) is 68.6 Å². The molecule has 5 nitrogen and oxygen atoms in total. The minimum Gasteiger partial charge on any atom is -0.339 e. The molecule has 5 rings (SSSR count). The number of carbonyl (C=O) groups is 1. The van der Waals surface area contributed by atoms with Gasteiger partial charge in [-0.15, -0.1) is 0 Å². The molecule has 2 aromatic rings. The number of likely N-dealkylation sites (tertiary alicyclic amines) is 1. The van der Waals surface area contributed by atoms with E-state index in [1.807, 2.05) is 28.8 Å². The summed E-state index contributed by atoms with van der Waals surface area (Å²) in [6.07, 6.45) is 9.43. The van der Waals surface area contributed by atoms with Crippen LogP contribution in [0.25, 0.3) is 10.9 Å². The molecular formula is C22H27N3O2S. The van der Waals surface area contributed by atoms with Crippen molar-refractivity contribution in [2.24, 2.45) is 5.92 Å². The average molecular weight is 398 g/mol. The first-order valence-corrected chi connectivity index (χ1v) is 11.6. The number of amides is 1. The van der Waals surface area contributed by atoms with E-state index in [9.17, 15) is 9.59 Å².